The van der Waals surface area contributed by atoms with Crippen molar-refractivity contribution in [2.45, 2.75) is 6.18 Å². The van der Waals surface area contributed by atoms with E-state index < -0.39 is 11.7 Å². The van der Waals surface area contributed by atoms with E-state index in [9.17, 15) is 13.2 Å². The van der Waals surface area contributed by atoms with Gasteiger partial charge >= 0.3 is 6.18 Å². The Kier molecular flexibility index (Phi) is 3.51. The number of halogens is 4. The third-order valence-electron chi connectivity index (χ3n) is 2.83. The highest BCUT2D eigenvalue weighted by molar-refractivity contribution is 7.22. The molecule has 7 heteroatoms. The van der Waals surface area contributed by atoms with Crippen LogP contribution in [-0.2, 0) is 6.18 Å². The van der Waals surface area contributed by atoms with Crippen LogP contribution in [0.2, 0.25) is 5.02 Å². The van der Waals surface area contributed by atoms with E-state index in [1.165, 1.54) is 17.4 Å². The number of benzene rings is 2. The summed E-state index contributed by atoms with van der Waals surface area (Å²) in [5.74, 6) is 0. The molecule has 1 heterocycles. The first-order valence-electron chi connectivity index (χ1n) is 5.93. The minimum Gasteiger partial charge on any atom is -0.330 e. The van der Waals surface area contributed by atoms with E-state index >= 15 is 0 Å². The molecule has 1 aromatic heterocycles. The number of thiazole rings is 1. The van der Waals surface area contributed by atoms with Gasteiger partial charge < -0.3 is 5.32 Å². The summed E-state index contributed by atoms with van der Waals surface area (Å²) in [6.07, 6.45) is -4.37. The minimum atomic E-state index is -4.37. The first-order valence-corrected chi connectivity index (χ1v) is 7.12. The molecular weight excluding hydrogens is 321 g/mol. The van der Waals surface area contributed by atoms with Crippen LogP contribution in [0.25, 0.3) is 10.2 Å². The molecular formula is C14H8ClF3N2S. The van der Waals surface area contributed by atoms with Gasteiger partial charge in [-0.05, 0) is 30.3 Å². The number of nitrogens with zero attached hydrogens (tertiary/aromatic N) is 1. The zero-order valence-electron chi connectivity index (χ0n) is 10.4. The average molecular weight is 329 g/mol. The van der Waals surface area contributed by atoms with Crippen LogP contribution in [0.4, 0.5) is 24.0 Å². The Balaban J connectivity index is 1.96. The molecule has 0 saturated carbocycles. The molecule has 0 amide bonds. The number of hydrogen-bond acceptors (Lipinski definition) is 3. The van der Waals surface area contributed by atoms with Crippen LogP contribution in [0.5, 0.6) is 0 Å². The highest BCUT2D eigenvalue weighted by Gasteiger charge is 2.30. The van der Waals surface area contributed by atoms with Gasteiger partial charge in [-0.2, -0.15) is 13.2 Å². The number of hydrogen-bond donors (Lipinski definition) is 1. The molecule has 0 spiro atoms. The predicted octanol–water partition coefficient (Wildman–Crippen LogP) is 5.71. The van der Waals surface area contributed by atoms with E-state index in [2.05, 4.69) is 10.3 Å². The summed E-state index contributed by atoms with van der Waals surface area (Å²) < 4.78 is 38.7. The fourth-order valence-electron chi connectivity index (χ4n) is 1.84. The van der Waals surface area contributed by atoms with Gasteiger partial charge in [0.25, 0.3) is 0 Å². The van der Waals surface area contributed by atoms with Crippen LogP contribution < -0.4 is 5.32 Å². The van der Waals surface area contributed by atoms with Crippen molar-refractivity contribution in [1.82, 2.24) is 4.98 Å². The summed E-state index contributed by atoms with van der Waals surface area (Å²) in [4.78, 5) is 4.17. The van der Waals surface area contributed by atoms with Gasteiger partial charge in [0.05, 0.1) is 26.5 Å². The van der Waals surface area contributed by atoms with Gasteiger partial charge in [0.15, 0.2) is 5.13 Å². The molecule has 1 N–H and O–H groups in total. The number of fused-ring (bicyclic) bond motifs is 1. The summed E-state index contributed by atoms with van der Waals surface area (Å²) in [7, 11) is 0. The fourth-order valence-corrected chi connectivity index (χ4v) is 2.88. The molecule has 0 aliphatic carbocycles. The SMILES string of the molecule is FC(F)(F)c1ccc2sc(Nc3ccccc3Cl)nc2c1. The van der Waals surface area contributed by atoms with Gasteiger partial charge in [-0.1, -0.05) is 35.1 Å². The zero-order chi connectivity index (χ0) is 15.0. The maximum Gasteiger partial charge on any atom is 0.416 e. The molecule has 0 fully saturated rings. The van der Waals surface area contributed by atoms with E-state index in [0.29, 0.717) is 26.1 Å². The molecule has 2 nitrogen and oxygen atoms in total. The van der Waals surface area contributed by atoms with Crippen molar-refractivity contribution in [2.75, 3.05) is 5.32 Å². The maximum atomic E-state index is 12.7. The monoisotopic (exact) mass is 328 g/mol. The molecule has 0 radical (unpaired) electrons. The highest BCUT2D eigenvalue weighted by Crippen LogP contribution is 2.35. The largest absolute Gasteiger partial charge is 0.416 e. The summed E-state index contributed by atoms with van der Waals surface area (Å²) in [6.45, 7) is 0. The van der Waals surface area contributed by atoms with Crippen molar-refractivity contribution in [2.24, 2.45) is 0 Å². The number of rotatable bonds is 2. The summed E-state index contributed by atoms with van der Waals surface area (Å²) in [6, 6.07) is 10.6. The Labute approximate surface area is 127 Å². The number of para-hydroxylation sites is 1. The van der Waals surface area contributed by atoms with E-state index in [1.807, 2.05) is 6.07 Å². The molecule has 108 valence electrons. The van der Waals surface area contributed by atoms with Gasteiger partial charge in [-0.3, -0.25) is 0 Å². The molecule has 0 aliphatic heterocycles. The van der Waals surface area contributed by atoms with Crippen LogP contribution in [0.1, 0.15) is 5.56 Å². The lowest BCUT2D eigenvalue weighted by molar-refractivity contribution is -0.137. The molecule has 0 aliphatic rings. The topological polar surface area (TPSA) is 24.9 Å². The third kappa shape index (κ3) is 2.96. The second-order valence-electron chi connectivity index (χ2n) is 4.30. The second kappa shape index (κ2) is 5.20. The molecule has 0 atom stereocenters. The third-order valence-corrected chi connectivity index (χ3v) is 4.11. The Hall–Kier alpha value is -1.79. The molecule has 21 heavy (non-hydrogen) atoms. The van der Waals surface area contributed by atoms with Crippen LogP contribution in [0.3, 0.4) is 0 Å². The highest BCUT2D eigenvalue weighted by atomic mass is 35.5. The zero-order valence-corrected chi connectivity index (χ0v) is 12.0. The van der Waals surface area contributed by atoms with Crippen molar-refractivity contribution < 1.29 is 13.2 Å². The van der Waals surface area contributed by atoms with Crippen molar-refractivity contribution >= 4 is 44.0 Å². The number of anilines is 2. The van der Waals surface area contributed by atoms with Gasteiger partial charge in [0.2, 0.25) is 0 Å². The fraction of sp³-hybridized carbons (Fsp3) is 0.0714. The summed E-state index contributed by atoms with van der Waals surface area (Å²) in [5, 5.41) is 4.03. The van der Waals surface area contributed by atoms with E-state index in [-0.39, 0.29) is 0 Å². The van der Waals surface area contributed by atoms with Crippen LogP contribution in [0, 0.1) is 0 Å². The smallest absolute Gasteiger partial charge is 0.330 e. The van der Waals surface area contributed by atoms with Crippen LogP contribution in [-0.4, -0.2) is 4.98 Å². The second-order valence-corrected chi connectivity index (χ2v) is 5.74. The van der Waals surface area contributed by atoms with E-state index in [1.54, 1.807) is 18.2 Å². The lowest BCUT2D eigenvalue weighted by atomic mass is 10.2. The van der Waals surface area contributed by atoms with Gasteiger partial charge in [0, 0.05) is 0 Å². The molecule has 0 unspecified atom stereocenters. The quantitative estimate of drug-likeness (QED) is 0.651. The lowest BCUT2D eigenvalue weighted by Crippen LogP contribution is -2.03. The van der Waals surface area contributed by atoms with Crippen LogP contribution >= 0.6 is 22.9 Å². The van der Waals surface area contributed by atoms with Gasteiger partial charge in [0.1, 0.15) is 0 Å². The van der Waals surface area contributed by atoms with Crippen LogP contribution in [0.15, 0.2) is 42.5 Å². The number of alkyl halides is 3. The van der Waals surface area contributed by atoms with Crippen molar-refractivity contribution in [1.29, 1.82) is 0 Å². The first-order chi connectivity index (χ1) is 9.93. The summed E-state index contributed by atoms with van der Waals surface area (Å²) >= 11 is 7.30. The molecule has 2 aromatic carbocycles. The Morgan fingerprint density at radius 2 is 1.86 bits per heavy atom. The number of aromatic nitrogens is 1. The Morgan fingerprint density at radius 3 is 2.57 bits per heavy atom. The molecule has 0 bridgehead atoms. The normalized spacial score (nSPS) is 11.8. The standard InChI is InChI=1S/C14H8ClF3N2S/c15-9-3-1-2-4-10(9)19-13-20-11-7-8(14(16,17)18)5-6-12(11)21-13/h1-7H,(H,19,20). The van der Waals surface area contributed by atoms with Gasteiger partial charge in [-0.25, -0.2) is 4.98 Å². The maximum absolute atomic E-state index is 12.7. The Morgan fingerprint density at radius 1 is 1.10 bits per heavy atom. The van der Waals surface area contributed by atoms with E-state index in [0.717, 1.165) is 12.1 Å². The van der Waals surface area contributed by atoms with Crippen molar-refractivity contribution in [3.8, 4) is 0 Å². The van der Waals surface area contributed by atoms with Crippen molar-refractivity contribution in [3.05, 3.63) is 53.1 Å². The lowest BCUT2D eigenvalue weighted by Gasteiger charge is -2.04. The number of nitrogens with one attached hydrogen (secondary N) is 1. The molecule has 0 saturated heterocycles. The van der Waals surface area contributed by atoms with E-state index in [4.69, 9.17) is 11.6 Å². The predicted molar refractivity (Wildman–Crippen MR) is 79.4 cm³/mol. The van der Waals surface area contributed by atoms with Crippen molar-refractivity contribution in [3.63, 3.8) is 0 Å². The molecule has 3 aromatic rings. The minimum absolute atomic E-state index is 0.310. The average Bonchev–Trinajstić information content (AvgIpc) is 2.81. The van der Waals surface area contributed by atoms with Gasteiger partial charge in [-0.15, -0.1) is 0 Å². The Bertz CT molecular complexity index is 798. The molecule has 3 rings (SSSR count). The first kappa shape index (κ1) is 14.2. The summed E-state index contributed by atoms with van der Waals surface area (Å²) in [5.41, 5.74) is 0.267.